The molecule has 0 heterocycles. The number of halogens is 1. The second-order valence-corrected chi connectivity index (χ2v) is 0.781. The second-order valence-electron chi connectivity index (χ2n) is 0.781. The van der Waals surface area contributed by atoms with Gasteiger partial charge in [0.1, 0.15) is 0 Å². The minimum Gasteiger partial charge on any atom is -0.382 e. The van der Waals surface area contributed by atoms with Gasteiger partial charge in [0.25, 0.3) is 0 Å². The first-order valence-corrected chi connectivity index (χ1v) is 2.37. The Morgan fingerprint density at radius 3 is 1.57 bits per heavy atom. The van der Waals surface area contributed by atoms with E-state index < -0.39 is 0 Å². The molecule has 0 saturated carbocycles. The molecule has 0 bridgehead atoms. The summed E-state index contributed by atoms with van der Waals surface area (Å²) in [5.41, 5.74) is 0. The fraction of sp³-hybridized carbons (Fsp3) is 1.00. The van der Waals surface area contributed by atoms with E-state index in [2.05, 4.69) is 0 Å². The molecule has 44 valence electrons. The number of hydrogen-bond acceptors (Lipinski definition) is 1. The molecular weight excluding hydrogens is 93.9 g/mol. The Labute approximate surface area is 45.3 Å². The molecule has 7 heavy (non-hydrogen) atoms. The largest absolute Gasteiger partial charge is 0.382 e. The molecule has 0 aromatic carbocycles. The van der Waals surface area contributed by atoms with Crippen molar-refractivity contribution >= 4 is 8.12 Å². The first-order chi connectivity index (χ1) is 3.41. The Morgan fingerprint density at radius 1 is 1.29 bits per heavy atom. The van der Waals surface area contributed by atoms with Crippen LogP contribution in [0.25, 0.3) is 0 Å². The topological polar surface area (TPSA) is 9.23 Å². The average Bonchev–Trinajstić information content (AvgIpc) is 1.75. The van der Waals surface area contributed by atoms with Crippen LogP contribution in [0.1, 0.15) is 13.8 Å². The lowest BCUT2D eigenvalue weighted by atomic mass is 10.7. The summed E-state index contributed by atoms with van der Waals surface area (Å²) in [6.07, 6.45) is 0. The summed E-state index contributed by atoms with van der Waals surface area (Å²) in [5.74, 6) is 0. The quantitative estimate of drug-likeness (QED) is 0.467. The summed E-state index contributed by atoms with van der Waals surface area (Å²) in [6, 6.07) is 0. The average molecular weight is 106 g/mol. The highest BCUT2D eigenvalue weighted by molar-refractivity contribution is 5.96. The van der Waals surface area contributed by atoms with Gasteiger partial charge in [-0.25, -0.2) is 0 Å². The van der Waals surface area contributed by atoms with E-state index in [-0.39, 0.29) is 0 Å². The third-order valence-corrected chi connectivity index (χ3v) is 0.408. The molecule has 0 aliphatic heterocycles. The van der Waals surface area contributed by atoms with Crippen molar-refractivity contribution < 1.29 is 9.05 Å². The molecule has 0 amide bonds. The summed E-state index contributed by atoms with van der Waals surface area (Å²) in [5, 5.41) is 0. The SMILES string of the molecule is BF.CCOCC. The minimum absolute atomic E-state index is 0.500. The van der Waals surface area contributed by atoms with E-state index in [0.717, 1.165) is 13.2 Å². The van der Waals surface area contributed by atoms with Crippen LogP contribution in [-0.4, -0.2) is 21.3 Å². The van der Waals surface area contributed by atoms with Crippen molar-refractivity contribution in [3.8, 4) is 0 Å². The fourth-order valence-corrected chi connectivity index (χ4v) is 0.204. The number of rotatable bonds is 2. The van der Waals surface area contributed by atoms with Crippen molar-refractivity contribution in [1.82, 2.24) is 0 Å². The van der Waals surface area contributed by atoms with Gasteiger partial charge in [-0.15, -0.1) is 0 Å². The molecule has 0 aliphatic carbocycles. The van der Waals surface area contributed by atoms with Crippen LogP contribution < -0.4 is 0 Å². The van der Waals surface area contributed by atoms with Crippen molar-refractivity contribution in [1.29, 1.82) is 0 Å². The van der Waals surface area contributed by atoms with Gasteiger partial charge in [0.15, 0.2) is 0 Å². The Bertz CT molecular complexity index is 19.2. The van der Waals surface area contributed by atoms with Crippen LogP contribution in [0.3, 0.4) is 0 Å². The van der Waals surface area contributed by atoms with Gasteiger partial charge in [0, 0.05) is 13.2 Å². The van der Waals surface area contributed by atoms with Gasteiger partial charge >= 0.3 is 8.12 Å². The molecule has 0 spiro atoms. The molecule has 0 aromatic heterocycles. The normalized spacial score (nSPS) is 6.71. The van der Waals surface area contributed by atoms with Gasteiger partial charge in [0.2, 0.25) is 0 Å². The van der Waals surface area contributed by atoms with Crippen molar-refractivity contribution in [2.24, 2.45) is 0 Å². The first-order valence-electron chi connectivity index (χ1n) is 2.37. The molecule has 0 fully saturated rings. The number of hydrogen-bond donors (Lipinski definition) is 0. The zero-order chi connectivity index (χ0) is 6.12. The Hall–Kier alpha value is -0.0451. The van der Waals surface area contributed by atoms with Crippen LogP contribution in [0.4, 0.5) is 4.32 Å². The van der Waals surface area contributed by atoms with E-state index in [1.54, 1.807) is 0 Å². The van der Waals surface area contributed by atoms with E-state index in [9.17, 15) is 4.32 Å². The molecular formula is C4H12BFO. The highest BCUT2D eigenvalue weighted by Gasteiger charge is 1.64. The maximum atomic E-state index is 9.50. The van der Waals surface area contributed by atoms with Gasteiger partial charge < -0.3 is 9.05 Å². The smallest absolute Gasteiger partial charge is 0.314 e. The molecule has 0 N–H and O–H groups in total. The third-order valence-electron chi connectivity index (χ3n) is 0.408. The van der Waals surface area contributed by atoms with Crippen LogP contribution in [0.15, 0.2) is 0 Å². The first kappa shape index (κ1) is 10.0. The summed E-state index contributed by atoms with van der Waals surface area (Å²) in [6.45, 7) is 5.67. The van der Waals surface area contributed by atoms with Crippen molar-refractivity contribution in [2.45, 2.75) is 13.8 Å². The standard InChI is InChI=1S/C4H10O.BFH2/c1-3-5-4-2;1-2/h3-4H2,1-2H3;1H2. The third kappa shape index (κ3) is 24.4. The fourth-order valence-electron chi connectivity index (χ4n) is 0.204. The van der Waals surface area contributed by atoms with Gasteiger partial charge in [-0.3, -0.25) is 0 Å². The molecule has 0 unspecified atom stereocenters. The highest BCUT2D eigenvalue weighted by Crippen LogP contribution is 1.64. The lowest BCUT2D eigenvalue weighted by Gasteiger charge is -1.86. The molecule has 0 radical (unpaired) electrons. The molecule has 1 nitrogen and oxygen atoms in total. The molecule has 0 aliphatic rings. The van der Waals surface area contributed by atoms with Crippen LogP contribution in [0.2, 0.25) is 0 Å². The summed E-state index contributed by atoms with van der Waals surface area (Å²) in [4.78, 5) is 0. The van der Waals surface area contributed by atoms with Crippen LogP contribution in [0.5, 0.6) is 0 Å². The van der Waals surface area contributed by atoms with Crippen molar-refractivity contribution in [3.63, 3.8) is 0 Å². The lowest BCUT2D eigenvalue weighted by Crippen LogP contribution is -1.84. The van der Waals surface area contributed by atoms with Gasteiger partial charge in [0.05, 0.1) is 0 Å². The van der Waals surface area contributed by atoms with E-state index in [0.29, 0.717) is 8.12 Å². The van der Waals surface area contributed by atoms with Crippen molar-refractivity contribution in [3.05, 3.63) is 0 Å². The molecule has 0 rings (SSSR count). The van der Waals surface area contributed by atoms with Crippen LogP contribution in [-0.2, 0) is 4.74 Å². The maximum absolute atomic E-state index is 9.50. The van der Waals surface area contributed by atoms with Gasteiger partial charge in [-0.2, -0.15) is 0 Å². The Kier molecular flexibility index (Phi) is 24.0. The monoisotopic (exact) mass is 106 g/mol. The molecule has 3 heteroatoms. The van der Waals surface area contributed by atoms with Gasteiger partial charge in [-0.05, 0) is 13.8 Å². The van der Waals surface area contributed by atoms with Crippen LogP contribution in [0, 0.1) is 0 Å². The predicted molar refractivity (Wildman–Crippen MR) is 31.8 cm³/mol. The zero-order valence-corrected chi connectivity index (χ0v) is 5.20. The maximum Gasteiger partial charge on any atom is 0.314 e. The van der Waals surface area contributed by atoms with Crippen molar-refractivity contribution in [2.75, 3.05) is 13.2 Å². The van der Waals surface area contributed by atoms with E-state index in [1.807, 2.05) is 13.8 Å². The lowest BCUT2D eigenvalue weighted by molar-refractivity contribution is 0.162. The Morgan fingerprint density at radius 2 is 1.57 bits per heavy atom. The second kappa shape index (κ2) is 16.7. The Balaban J connectivity index is 0. The highest BCUT2D eigenvalue weighted by atomic mass is 19.1. The molecule has 0 atom stereocenters. The molecule has 0 aromatic rings. The van der Waals surface area contributed by atoms with Crippen LogP contribution >= 0.6 is 0 Å². The zero-order valence-electron chi connectivity index (χ0n) is 5.20. The number of ether oxygens (including phenoxy) is 1. The molecule has 0 saturated heterocycles. The van der Waals surface area contributed by atoms with E-state index in [4.69, 9.17) is 4.74 Å². The summed E-state index contributed by atoms with van der Waals surface area (Å²) >= 11 is 0. The van der Waals surface area contributed by atoms with E-state index >= 15 is 0 Å². The van der Waals surface area contributed by atoms with Gasteiger partial charge in [-0.1, -0.05) is 0 Å². The summed E-state index contributed by atoms with van der Waals surface area (Å²) in [7, 11) is 0.500. The predicted octanol–water partition coefficient (Wildman–Crippen LogP) is 0.547. The minimum atomic E-state index is 0.500. The summed E-state index contributed by atoms with van der Waals surface area (Å²) < 4.78 is 14.3. The van der Waals surface area contributed by atoms with E-state index in [1.165, 1.54) is 0 Å².